The number of ketones is 1. The van der Waals surface area contributed by atoms with Crippen molar-refractivity contribution in [3.8, 4) is 0 Å². The maximum Gasteiger partial charge on any atom is 0.137 e. The Kier molecular flexibility index (Phi) is 5.39. The maximum absolute atomic E-state index is 11.8. The molecule has 1 heterocycles. The van der Waals surface area contributed by atoms with Crippen LogP contribution in [0.4, 0.5) is 0 Å². The molecule has 3 heteroatoms. The van der Waals surface area contributed by atoms with Gasteiger partial charge in [-0.05, 0) is 43.4 Å². The molecule has 2 nitrogen and oxygen atoms in total. The number of Topliss-reactive ketones (excluding diaryl/α,β-unsaturated/α-hetero) is 1. The highest BCUT2D eigenvalue weighted by Gasteiger charge is 2.15. The van der Waals surface area contributed by atoms with Gasteiger partial charge in [-0.2, -0.15) is 0 Å². The highest BCUT2D eigenvalue weighted by atomic mass is 79.9. The van der Waals surface area contributed by atoms with Crippen LogP contribution >= 0.6 is 15.9 Å². The Morgan fingerprint density at radius 3 is 3.06 bits per heavy atom. The molecule has 0 aliphatic carbocycles. The molecule has 1 unspecified atom stereocenters. The molecule has 1 aliphatic heterocycles. The van der Waals surface area contributed by atoms with Crippen LogP contribution in [0.5, 0.6) is 0 Å². The normalized spacial score (nSPS) is 19.1. The predicted octanol–water partition coefficient (Wildman–Crippen LogP) is 3.91. The van der Waals surface area contributed by atoms with E-state index in [1.807, 2.05) is 24.3 Å². The van der Waals surface area contributed by atoms with Crippen LogP contribution in [0, 0.1) is 0 Å². The van der Waals surface area contributed by atoms with Crippen LogP contribution in [-0.4, -0.2) is 18.5 Å². The molecule has 0 radical (unpaired) electrons. The van der Waals surface area contributed by atoms with Gasteiger partial charge in [0, 0.05) is 23.9 Å². The summed E-state index contributed by atoms with van der Waals surface area (Å²) in [5, 5.41) is 0. The fraction of sp³-hybridized carbons (Fsp3) is 0.533. The summed E-state index contributed by atoms with van der Waals surface area (Å²) in [7, 11) is 0. The second-order valence-corrected chi connectivity index (χ2v) is 5.79. The third-order valence-corrected chi connectivity index (χ3v) is 3.79. The van der Waals surface area contributed by atoms with Crippen molar-refractivity contribution in [2.24, 2.45) is 0 Å². The van der Waals surface area contributed by atoms with E-state index in [0.29, 0.717) is 24.7 Å². The van der Waals surface area contributed by atoms with Gasteiger partial charge in [-0.25, -0.2) is 0 Å². The van der Waals surface area contributed by atoms with Gasteiger partial charge in [0.2, 0.25) is 0 Å². The van der Waals surface area contributed by atoms with Gasteiger partial charge >= 0.3 is 0 Å². The SMILES string of the molecule is O=C(CCCC1CCCO1)Cc1cccc(Br)c1. The summed E-state index contributed by atoms with van der Waals surface area (Å²) in [6, 6.07) is 7.96. The summed E-state index contributed by atoms with van der Waals surface area (Å²) in [6.45, 7) is 0.899. The van der Waals surface area contributed by atoms with E-state index in [1.165, 1.54) is 12.8 Å². The van der Waals surface area contributed by atoms with Crippen molar-refractivity contribution >= 4 is 21.7 Å². The van der Waals surface area contributed by atoms with Gasteiger partial charge in [-0.1, -0.05) is 28.1 Å². The van der Waals surface area contributed by atoms with Crippen molar-refractivity contribution in [2.45, 2.75) is 44.6 Å². The lowest BCUT2D eigenvalue weighted by Gasteiger charge is -2.08. The summed E-state index contributed by atoms with van der Waals surface area (Å²) in [5.41, 5.74) is 1.09. The zero-order chi connectivity index (χ0) is 12.8. The van der Waals surface area contributed by atoms with Crippen LogP contribution < -0.4 is 0 Å². The molecule has 1 fully saturated rings. The summed E-state index contributed by atoms with van der Waals surface area (Å²) < 4.78 is 6.59. The highest BCUT2D eigenvalue weighted by molar-refractivity contribution is 9.10. The lowest BCUT2D eigenvalue weighted by Crippen LogP contribution is -2.07. The van der Waals surface area contributed by atoms with Gasteiger partial charge < -0.3 is 4.74 Å². The van der Waals surface area contributed by atoms with E-state index < -0.39 is 0 Å². The molecule has 1 aromatic rings. The van der Waals surface area contributed by atoms with E-state index in [4.69, 9.17) is 4.74 Å². The number of ether oxygens (including phenoxy) is 1. The summed E-state index contributed by atoms with van der Waals surface area (Å²) in [4.78, 5) is 11.8. The van der Waals surface area contributed by atoms with E-state index in [-0.39, 0.29) is 0 Å². The molecule has 1 aromatic carbocycles. The smallest absolute Gasteiger partial charge is 0.137 e. The number of carbonyl (C=O) groups is 1. The van der Waals surface area contributed by atoms with Crippen LogP contribution in [0.25, 0.3) is 0 Å². The fourth-order valence-corrected chi connectivity index (χ4v) is 2.81. The lowest BCUT2D eigenvalue weighted by atomic mass is 10.0. The third-order valence-electron chi connectivity index (χ3n) is 3.30. The molecule has 0 N–H and O–H groups in total. The second kappa shape index (κ2) is 7.05. The molecule has 0 spiro atoms. The zero-order valence-electron chi connectivity index (χ0n) is 10.5. The van der Waals surface area contributed by atoms with Crippen molar-refractivity contribution in [3.05, 3.63) is 34.3 Å². The van der Waals surface area contributed by atoms with Crippen molar-refractivity contribution in [2.75, 3.05) is 6.61 Å². The topological polar surface area (TPSA) is 26.3 Å². The number of carbonyl (C=O) groups excluding carboxylic acids is 1. The van der Waals surface area contributed by atoms with Gasteiger partial charge in [0.15, 0.2) is 0 Å². The second-order valence-electron chi connectivity index (χ2n) is 4.87. The molecular weight excluding hydrogens is 292 g/mol. The fourth-order valence-electron chi connectivity index (χ4n) is 2.36. The van der Waals surface area contributed by atoms with Crippen molar-refractivity contribution in [3.63, 3.8) is 0 Å². The number of halogens is 1. The van der Waals surface area contributed by atoms with Gasteiger partial charge in [0.05, 0.1) is 6.10 Å². The molecule has 1 saturated heterocycles. The first-order valence-electron chi connectivity index (χ1n) is 6.62. The average molecular weight is 311 g/mol. The largest absolute Gasteiger partial charge is 0.378 e. The molecule has 1 aliphatic rings. The molecule has 98 valence electrons. The monoisotopic (exact) mass is 310 g/mol. The summed E-state index contributed by atoms with van der Waals surface area (Å²) in [6.07, 6.45) is 5.96. The number of hydrogen-bond donors (Lipinski definition) is 0. The first kappa shape index (κ1) is 13.8. The van der Waals surface area contributed by atoms with E-state index >= 15 is 0 Å². The quantitative estimate of drug-likeness (QED) is 0.796. The van der Waals surface area contributed by atoms with E-state index in [9.17, 15) is 4.79 Å². The van der Waals surface area contributed by atoms with E-state index in [2.05, 4.69) is 15.9 Å². The Labute approximate surface area is 117 Å². The Morgan fingerprint density at radius 1 is 1.44 bits per heavy atom. The van der Waals surface area contributed by atoms with Crippen LogP contribution in [-0.2, 0) is 16.0 Å². The lowest BCUT2D eigenvalue weighted by molar-refractivity contribution is -0.118. The van der Waals surface area contributed by atoms with Gasteiger partial charge in [-0.15, -0.1) is 0 Å². The van der Waals surface area contributed by atoms with Crippen molar-refractivity contribution < 1.29 is 9.53 Å². The predicted molar refractivity (Wildman–Crippen MR) is 75.7 cm³/mol. The van der Waals surface area contributed by atoms with Crippen LogP contribution in [0.15, 0.2) is 28.7 Å². The third kappa shape index (κ3) is 4.54. The minimum absolute atomic E-state index is 0.325. The molecule has 0 amide bonds. The van der Waals surface area contributed by atoms with Crippen LogP contribution in [0.2, 0.25) is 0 Å². The first-order chi connectivity index (χ1) is 8.74. The average Bonchev–Trinajstić information content (AvgIpc) is 2.82. The Bertz CT molecular complexity index is 397. The van der Waals surface area contributed by atoms with Gasteiger partial charge in [0.1, 0.15) is 5.78 Å². The maximum atomic E-state index is 11.8. The number of rotatable bonds is 6. The minimum atomic E-state index is 0.325. The van der Waals surface area contributed by atoms with E-state index in [1.54, 1.807) is 0 Å². The molecule has 1 atom stereocenters. The van der Waals surface area contributed by atoms with Crippen molar-refractivity contribution in [1.82, 2.24) is 0 Å². The minimum Gasteiger partial charge on any atom is -0.378 e. The first-order valence-corrected chi connectivity index (χ1v) is 7.41. The molecular formula is C15H19BrO2. The zero-order valence-corrected chi connectivity index (χ0v) is 12.1. The number of hydrogen-bond acceptors (Lipinski definition) is 2. The summed E-state index contributed by atoms with van der Waals surface area (Å²) in [5.74, 6) is 0.325. The van der Waals surface area contributed by atoms with Crippen LogP contribution in [0.1, 0.15) is 37.7 Å². The standard InChI is InChI=1S/C15H19BrO2/c16-13-5-1-4-12(10-13)11-14(17)6-2-7-15-8-3-9-18-15/h1,4-5,10,15H,2-3,6-9,11H2. The molecule has 0 bridgehead atoms. The van der Waals surface area contributed by atoms with Crippen molar-refractivity contribution in [1.29, 1.82) is 0 Å². The highest BCUT2D eigenvalue weighted by Crippen LogP contribution is 2.18. The van der Waals surface area contributed by atoms with Gasteiger partial charge in [0.25, 0.3) is 0 Å². The van der Waals surface area contributed by atoms with E-state index in [0.717, 1.165) is 29.5 Å². The number of benzene rings is 1. The Morgan fingerprint density at radius 2 is 2.33 bits per heavy atom. The Hall–Kier alpha value is -0.670. The molecule has 2 rings (SSSR count). The molecule has 0 saturated carbocycles. The molecule has 0 aromatic heterocycles. The summed E-state index contributed by atoms with van der Waals surface area (Å²) >= 11 is 3.42. The Balaban J connectivity index is 1.68. The van der Waals surface area contributed by atoms with Gasteiger partial charge in [-0.3, -0.25) is 4.79 Å². The molecule has 18 heavy (non-hydrogen) atoms. The van der Waals surface area contributed by atoms with Crippen LogP contribution in [0.3, 0.4) is 0 Å².